The van der Waals surface area contributed by atoms with Gasteiger partial charge in [0.2, 0.25) is 24.1 Å². The molecule has 1 aliphatic rings. The predicted octanol–water partition coefficient (Wildman–Crippen LogP) is 2.02. The number of rotatable bonds is 3. The Bertz CT molecular complexity index is 806. The van der Waals surface area contributed by atoms with E-state index in [1.807, 2.05) is 0 Å². The molecule has 0 amide bonds. The zero-order chi connectivity index (χ0) is 15.9. The van der Waals surface area contributed by atoms with Gasteiger partial charge in [0, 0.05) is 6.20 Å². The monoisotopic (exact) mass is 307 g/mol. The van der Waals surface area contributed by atoms with Crippen LogP contribution in [0.4, 0.5) is 8.78 Å². The summed E-state index contributed by atoms with van der Waals surface area (Å²) in [5.74, 6) is -5.84. The number of ether oxygens (including phenoxy) is 2. The van der Waals surface area contributed by atoms with Crippen LogP contribution in [0.25, 0.3) is 0 Å². The molecule has 2 heterocycles. The predicted molar refractivity (Wildman–Crippen MR) is 67.1 cm³/mol. The number of ketones is 1. The molecule has 0 aliphatic carbocycles. The molecule has 0 unspecified atom stereocenters. The maximum Gasteiger partial charge on any atom is 0.338 e. The minimum Gasteiger partial charge on any atom is -0.478 e. The Morgan fingerprint density at radius 2 is 1.95 bits per heavy atom. The van der Waals surface area contributed by atoms with E-state index in [1.54, 1.807) is 0 Å². The molecule has 1 N–H and O–H groups in total. The lowest BCUT2D eigenvalue weighted by molar-refractivity contribution is 0.0692. The van der Waals surface area contributed by atoms with Crippen molar-refractivity contribution in [1.29, 1.82) is 0 Å². The van der Waals surface area contributed by atoms with E-state index in [9.17, 15) is 18.4 Å². The maximum atomic E-state index is 14.0. The first-order valence-corrected chi connectivity index (χ1v) is 6.01. The highest BCUT2D eigenvalue weighted by atomic mass is 19.2. The van der Waals surface area contributed by atoms with Crippen LogP contribution in [-0.4, -0.2) is 28.6 Å². The number of halogens is 2. The first-order valence-electron chi connectivity index (χ1n) is 6.01. The van der Waals surface area contributed by atoms with Crippen molar-refractivity contribution < 1.29 is 33.0 Å². The second-order valence-electron chi connectivity index (χ2n) is 4.32. The fraction of sp³-hybridized carbons (Fsp3) is 0.0714. The Labute approximate surface area is 121 Å². The fourth-order valence-corrected chi connectivity index (χ4v) is 2.03. The third-order valence-corrected chi connectivity index (χ3v) is 3.04. The van der Waals surface area contributed by atoms with Crippen molar-refractivity contribution in [2.45, 2.75) is 0 Å². The highest BCUT2D eigenvalue weighted by molar-refractivity contribution is 6.13. The molecule has 0 radical (unpaired) electrons. The molecule has 1 aliphatic heterocycles. The second kappa shape index (κ2) is 5.06. The zero-order valence-corrected chi connectivity index (χ0v) is 10.8. The van der Waals surface area contributed by atoms with Crippen LogP contribution in [-0.2, 0) is 0 Å². The van der Waals surface area contributed by atoms with E-state index in [4.69, 9.17) is 14.6 Å². The number of benzene rings is 1. The van der Waals surface area contributed by atoms with Gasteiger partial charge in [-0.1, -0.05) is 0 Å². The molecular formula is C14H7F2NO5. The maximum absolute atomic E-state index is 14.0. The topological polar surface area (TPSA) is 85.7 Å². The molecule has 0 saturated carbocycles. The van der Waals surface area contributed by atoms with Crippen LogP contribution in [0.5, 0.6) is 11.5 Å². The van der Waals surface area contributed by atoms with Crippen LogP contribution in [0, 0.1) is 11.6 Å². The average Bonchev–Trinajstić information content (AvgIpc) is 2.98. The van der Waals surface area contributed by atoms with E-state index in [0.717, 1.165) is 12.1 Å². The van der Waals surface area contributed by atoms with Gasteiger partial charge in [-0.2, -0.15) is 4.39 Å². The Morgan fingerprint density at radius 3 is 2.68 bits per heavy atom. The smallest absolute Gasteiger partial charge is 0.338 e. The van der Waals surface area contributed by atoms with Gasteiger partial charge < -0.3 is 14.6 Å². The van der Waals surface area contributed by atoms with Gasteiger partial charge in [0.1, 0.15) is 5.69 Å². The number of nitrogens with zero attached hydrogens (tertiary/aromatic N) is 1. The van der Waals surface area contributed by atoms with E-state index < -0.39 is 46.0 Å². The van der Waals surface area contributed by atoms with Crippen molar-refractivity contribution in [2.24, 2.45) is 0 Å². The Kier molecular flexibility index (Phi) is 3.21. The molecule has 112 valence electrons. The van der Waals surface area contributed by atoms with Crippen molar-refractivity contribution in [3.05, 3.63) is 52.9 Å². The molecule has 3 rings (SSSR count). The summed E-state index contributed by atoms with van der Waals surface area (Å²) in [5, 5.41) is 9.04. The quantitative estimate of drug-likeness (QED) is 0.873. The Hall–Kier alpha value is -3.03. The minimum absolute atomic E-state index is 0.130. The van der Waals surface area contributed by atoms with Crippen molar-refractivity contribution >= 4 is 11.8 Å². The number of carbonyl (C=O) groups excluding carboxylic acids is 1. The van der Waals surface area contributed by atoms with Gasteiger partial charge in [-0.05, 0) is 18.2 Å². The fourth-order valence-electron chi connectivity index (χ4n) is 2.03. The summed E-state index contributed by atoms with van der Waals surface area (Å²) in [4.78, 5) is 27.1. The number of carbonyl (C=O) groups is 2. The third-order valence-electron chi connectivity index (χ3n) is 3.04. The number of fused-ring (bicyclic) bond motifs is 1. The molecule has 2 aromatic rings. The summed E-state index contributed by atoms with van der Waals surface area (Å²) in [6.45, 7) is -0.298. The Balaban J connectivity index is 2.15. The lowest BCUT2D eigenvalue weighted by atomic mass is 10.0. The molecule has 1 aromatic heterocycles. The summed E-state index contributed by atoms with van der Waals surface area (Å²) >= 11 is 0. The van der Waals surface area contributed by atoms with Crippen molar-refractivity contribution in [3.63, 3.8) is 0 Å². The molecular weight excluding hydrogens is 300 g/mol. The molecule has 0 atom stereocenters. The van der Waals surface area contributed by atoms with Crippen LogP contribution in [0.3, 0.4) is 0 Å². The average molecular weight is 307 g/mol. The largest absolute Gasteiger partial charge is 0.478 e. The number of carboxylic acids is 1. The SMILES string of the molecule is O=C(O)c1cccnc1C(=O)c1cc2c(c(F)c1F)OCO2. The summed E-state index contributed by atoms with van der Waals surface area (Å²) < 4.78 is 37.5. The number of carboxylic acid groups (broad SMARTS) is 1. The van der Waals surface area contributed by atoms with Crippen LogP contribution in [0.2, 0.25) is 0 Å². The molecule has 8 heteroatoms. The van der Waals surface area contributed by atoms with Crippen molar-refractivity contribution in [1.82, 2.24) is 4.98 Å². The molecule has 1 aromatic carbocycles. The normalized spacial score (nSPS) is 12.3. The number of pyridine rings is 1. The molecule has 0 fully saturated rings. The van der Waals surface area contributed by atoms with E-state index >= 15 is 0 Å². The standard InChI is InChI=1S/C14H7F2NO5/c15-9-7(4-8-13(10(9)16)22-5-21-8)12(18)11-6(14(19)20)2-1-3-17-11/h1-4H,5H2,(H,19,20). The summed E-state index contributed by atoms with van der Waals surface area (Å²) in [5.41, 5.74) is -1.58. The summed E-state index contributed by atoms with van der Waals surface area (Å²) in [7, 11) is 0. The van der Waals surface area contributed by atoms with Gasteiger partial charge in [-0.3, -0.25) is 9.78 Å². The van der Waals surface area contributed by atoms with Crippen molar-refractivity contribution in [2.75, 3.05) is 6.79 Å². The first kappa shape index (κ1) is 13.9. The van der Waals surface area contributed by atoms with Crippen LogP contribution in [0.15, 0.2) is 24.4 Å². The summed E-state index contributed by atoms with van der Waals surface area (Å²) in [6, 6.07) is 3.42. The van der Waals surface area contributed by atoms with Crippen LogP contribution < -0.4 is 9.47 Å². The van der Waals surface area contributed by atoms with Crippen LogP contribution >= 0.6 is 0 Å². The van der Waals surface area contributed by atoms with Gasteiger partial charge >= 0.3 is 5.97 Å². The van der Waals surface area contributed by atoms with E-state index in [1.165, 1.54) is 12.3 Å². The molecule has 0 bridgehead atoms. The van der Waals surface area contributed by atoms with Gasteiger partial charge in [0.05, 0.1) is 11.1 Å². The lowest BCUT2D eigenvalue weighted by Gasteiger charge is -2.07. The first-order chi connectivity index (χ1) is 10.5. The van der Waals surface area contributed by atoms with Gasteiger partial charge in [0.25, 0.3) is 0 Å². The molecule has 0 saturated heterocycles. The summed E-state index contributed by atoms with van der Waals surface area (Å²) in [6.07, 6.45) is 1.18. The van der Waals surface area contributed by atoms with E-state index in [2.05, 4.69) is 4.98 Å². The number of aromatic nitrogens is 1. The molecule has 6 nitrogen and oxygen atoms in total. The highest BCUT2D eigenvalue weighted by Gasteiger charge is 2.30. The minimum atomic E-state index is -1.45. The highest BCUT2D eigenvalue weighted by Crippen LogP contribution is 2.38. The van der Waals surface area contributed by atoms with Crippen molar-refractivity contribution in [3.8, 4) is 11.5 Å². The van der Waals surface area contributed by atoms with Gasteiger partial charge in [-0.15, -0.1) is 0 Å². The molecule has 0 spiro atoms. The molecule has 22 heavy (non-hydrogen) atoms. The lowest BCUT2D eigenvalue weighted by Crippen LogP contribution is -2.14. The van der Waals surface area contributed by atoms with Crippen LogP contribution in [0.1, 0.15) is 26.4 Å². The van der Waals surface area contributed by atoms with E-state index in [0.29, 0.717) is 0 Å². The Morgan fingerprint density at radius 1 is 1.18 bits per heavy atom. The zero-order valence-electron chi connectivity index (χ0n) is 10.8. The third kappa shape index (κ3) is 2.05. The number of hydrogen-bond acceptors (Lipinski definition) is 5. The van der Waals surface area contributed by atoms with E-state index in [-0.39, 0.29) is 12.5 Å². The number of hydrogen-bond donors (Lipinski definition) is 1. The number of aromatic carboxylic acids is 1. The van der Waals surface area contributed by atoms with Gasteiger partial charge in [-0.25, -0.2) is 9.18 Å². The second-order valence-corrected chi connectivity index (χ2v) is 4.32. The van der Waals surface area contributed by atoms with Gasteiger partial charge in [0.15, 0.2) is 11.6 Å².